The van der Waals surface area contributed by atoms with Gasteiger partial charge in [0.25, 0.3) is 0 Å². The standard InChI is InChI=1S/C12H16NO6P/c1-10(14)17-9-18-12(15)8-13-20(16-2)19-11-6-4-3-5-7-11/h3-7,13H,8-9H2,1-2H3. The molecule has 1 unspecified atom stereocenters. The molecule has 0 radical (unpaired) electrons. The molecule has 20 heavy (non-hydrogen) atoms. The van der Waals surface area contributed by atoms with Gasteiger partial charge in [0.1, 0.15) is 12.3 Å². The zero-order valence-corrected chi connectivity index (χ0v) is 12.1. The Balaban J connectivity index is 2.27. The molecule has 0 heterocycles. The van der Waals surface area contributed by atoms with Crippen LogP contribution in [0.2, 0.25) is 0 Å². The van der Waals surface area contributed by atoms with Crippen molar-refractivity contribution < 1.29 is 28.1 Å². The number of benzene rings is 1. The van der Waals surface area contributed by atoms with Crippen LogP contribution in [0, 0.1) is 0 Å². The fourth-order valence-corrected chi connectivity index (χ4v) is 1.91. The highest BCUT2D eigenvalue weighted by molar-refractivity contribution is 7.45. The first-order chi connectivity index (χ1) is 9.61. The number of carbonyl (C=O) groups excluding carboxylic acids is 2. The molecule has 1 aromatic rings. The summed E-state index contributed by atoms with van der Waals surface area (Å²) in [4.78, 5) is 21.8. The summed E-state index contributed by atoms with van der Waals surface area (Å²) in [5.74, 6) is -0.467. The molecule has 0 fully saturated rings. The summed E-state index contributed by atoms with van der Waals surface area (Å²) in [6.45, 7) is 0.706. The third kappa shape index (κ3) is 7.04. The van der Waals surface area contributed by atoms with Gasteiger partial charge in [-0.1, -0.05) is 18.2 Å². The number of hydrogen-bond acceptors (Lipinski definition) is 7. The average Bonchev–Trinajstić information content (AvgIpc) is 2.44. The van der Waals surface area contributed by atoms with Gasteiger partial charge in [-0.15, -0.1) is 0 Å². The highest BCUT2D eigenvalue weighted by Gasteiger charge is 2.13. The van der Waals surface area contributed by atoms with Crippen molar-refractivity contribution in [2.75, 3.05) is 20.4 Å². The quantitative estimate of drug-likeness (QED) is 0.443. The number of esters is 2. The Hall–Kier alpha value is -1.69. The van der Waals surface area contributed by atoms with E-state index in [2.05, 4.69) is 14.6 Å². The molecule has 7 nitrogen and oxygen atoms in total. The minimum Gasteiger partial charge on any atom is -0.436 e. The number of carbonyl (C=O) groups is 2. The van der Waals surface area contributed by atoms with Crippen molar-refractivity contribution >= 4 is 20.5 Å². The van der Waals surface area contributed by atoms with Crippen LogP contribution in [0.4, 0.5) is 0 Å². The van der Waals surface area contributed by atoms with E-state index in [1.54, 1.807) is 12.1 Å². The van der Waals surface area contributed by atoms with Crippen LogP contribution in [-0.4, -0.2) is 32.4 Å². The Labute approximate surface area is 118 Å². The van der Waals surface area contributed by atoms with E-state index in [0.717, 1.165) is 0 Å². The molecule has 0 aromatic heterocycles. The van der Waals surface area contributed by atoms with E-state index in [0.29, 0.717) is 5.75 Å². The van der Waals surface area contributed by atoms with Crippen molar-refractivity contribution in [3.8, 4) is 5.75 Å². The summed E-state index contributed by atoms with van der Waals surface area (Å²) in [6.07, 6.45) is 0. The second kappa shape index (κ2) is 9.25. The summed E-state index contributed by atoms with van der Waals surface area (Å²) in [5, 5.41) is 2.76. The maximum atomic E-state index is 11.3. The Morgan fingerprint density at radius 2 is 1.90 bits per heavy atom. The van der Waals surface area contributed by atoms with Gasteiger partial charge in [-0.25, -0.2) is 5.09 Å². The van der Waals surface area contributed by atoms with Crippen molar-refractivity contribution in [1.82, 2.24) is 5.09 Å². The highest BCUT2D eigenvalue weighted by atomic mass is 31.2. The van der Waals surface area contributed by atoms with E-state index in [9.17, 15) is 9.59 Å². The molecule has 0 saturated heterocycles. The number of hydrogen-bond donors (Lipinski definition) is 1. The lowest BCUT2D eigenvalue weighted by Gasteiger charge is -2.15. The maximum absolute atomic E-state index is 11.3. The third-order valence-electron chi connectivity index (χ3n) is 1.93. The second-order valence-corrected chi connectivity index (χ2v) is 4.83. The van der Waals surface area contributed by atoms with Gasteiger partial charge in [0.05, 0.1) is 0 Å². The molecule has 0 amide bonds. The van der Waals surface area contributed by atoms with Crippen LogP contribution in [0.1, 0.15) is 6.92 Å². The van der Waals surface area contributed by atoms with E-state index in [1.807, 2.05) is 18.2 Å². The van der Waals surface area contributed by atoms with Crippen LogP contribution in [-0.2, 0) is 23.6 Å². The molecule has 0 aliphatic rings. The largest absolute Gasteiger partial charge is 0.436 e. The maximum Gasteiger partial charge on any atom is 0.323 e. The Kier molecular flexibility index (Phi) is 7.57. The van der Waals surface area contributed by atoms with Gasteiger partial charge in [-0.2, -0.15) is 0 Å². The summed E-state index contributed by atoms with van der Waals surface area (Å²) in [7, 11) is 0.0109. The first-order valence-electron chi connectivity index (χ1n) is 5.71. The van der Waals surface area contributed by atoms with E-state index in [4.69, 9.17) is 9.05 Å². The average molecular weight is 301 g/mol. The zero-order chi connectivity index (χ0) is 14.8. The Morgan fingerprint density at radius 1 is 1.20 bits per heavy atom. The zero-order valence-electron chi connectivity index (χ0n) is 11.2. The topological polar surface area (TPSA) is 83.1 Å². The van der Waals surface area contributed by atoms with E-state index in [-0.39, 0.29) is 6.54 Å². The minimum atomic E-state index is -1.45. The molecule has 8 heteroatoms. The fraction of sp³-hybridized carbons (Fsp3) is 0.333. The van der Waals surface area contributed by atoms with E-state index in [1.165, 1.54) is 14.0 Å². The van der Waals surface area contributed by atoms with Crippen LogP contribution in [0.15, 0.2) is 30.3 Å². The number of nitrogens with one attached hydrogen (secondary N) is 1. The van der Waals surface area contributed by atoms with Gasteiger partial charge in [-0.05, 0) is 12.1 Å². The van der Waals surface area contributed by atoms with Crippen molar-refractivity contribution in [3.05, 3.63) is 30.3 Å². The Bertz CT molecular complexity index is 427. The normalized spacial score (nSPS) is 11.5. The van der Waals surface area contributed by atoms with Crippen LogP contribution in [0.3, 0.4) is 0 Å². The van der Waals surface area contributed by atoms with Gasteiger partial charge in [-0.3, -0.25) is 9.59 Å². The highest BCUT2D eigenvalue weighted by Crippen LogP contribution is 2.33. The van der Waals surface area contributed by atoms with Crippen molar-refractivity contribution in [3.63, 3.8) is 0 Å². The van der Waals surface area contributed by atoms with Crippen molar-refractivity contribution in [2.24, 2.45) is 0 Å². The molecule has 1 atom stereocenters. The Morgan fingerprint density at radius 3 is 2.50 bits per heavy atom. The smallest absolute Gasteiger partial charge is 0.323 e. The molecular weight excluding hydrogens is 285 g/mol. The molecular formula is C12H16NO6P. The lowest BCUT2D eigenvalue weighted by atomic mass is 10.3. The van der Waals surface area contributed by atoms with Crippen molar-refractivity contribution in [1.29, 1.82) is 0 Å². The number of rotatable bonds is 8. The van der Waals surface area contributed by atoms with Gasteiger partial charge in [0, 0.05) is 14.0 Å². The van der Waals surface area contributed by atoms with E-state index < -0.39 is 27.3 Å². The predicted molar refractivity (Wildman–Crippen MR) is 71.7 cm³/mol. The van der Waals surface area contributed by atoms with Gasteiger partial charge in [0.2, 0.25) is 6.79 Å². The van der Waals surface area contributed by atoms with Crippen LogP contribution in [0.5, 0.6) is 5.75 Å². The van der Waals surface area contributed by atoms with Crippen LogP contribution in [0.25, 0.3) is 0 Å². The summed E-state index contributed by atoms with van der Waals surface area (Å²) in [6, 6.07) is 9.06. The molecule has 0 spiro atoms. The molecule has 0 bridgehead atoms. The number of ether oxygens (including phenoxy) is 2. The summed E-state index contributed by atoms with van der Waals surface area (Å²) in [5.41, 5.74) is 0. The monoisotopic (exact) mass is 301 g/mol. The van der Waals surface area contributed by atoms with Gasteiger partial charge < -0.3 is 18.5 Å². The van der Waals surface area contributed by atoms with E-state index >= 15 is 0 Å². The molecule has 1 aromatic carbocycles. The summed E-state index contributed by atoms with van der Waals surface area (Å²) >= 11 is 0. The third-order valence-corrected chi connectivity index (χ3v) is 3.06. The van der Waals surface area contributed by atoms with Gasteiger partial charge in [0.15, 0.2) is 0 Å². The molecule has 0 aliphatic carbocycles. The van der Waals surface area contributed by atoms with Crippen molar-refractivity contribution in [2.45, 2.75) is 6.92 Å². The minimum absolute atomic E-state index is 0.117. The molecule has 1 N–H and O–H groups in total. The molecule has 1 rings (SSSR count). The molecule has 0 saturated carbocycles. The van der Waals surface area contributed by atoms with Crippen LogP contribution < -0.4 is 9.61 Å². The summed E-state index contributed by atoms with van der Waals surface area (Å²) < 4.78 is 19.7. The predicted octanol–water partition coefficient (Wildman–Crippen LogP) is 1.59. The second-order valence-electron chi connectivity index (χ2n) is 3.45. The SMILES string of the molecule is COP(NCC(=O)OCOC(C)=O)Oc1ccccc1. The number of para-hydroxylation sites is 1. The molecule has 0 aliphatic heterocycles. The first kappa shape index (κ1) is 16.4. The molecule has 110 valence electrons. The lowest BCUT2D eigenvalue weighted by Crippen LogP contribution is -2.24. The van der Waals surface area contributed by atoms with Crippen LogP contribution >= 0.6 is 8.53 Å². The van der Waals surface area contributed by atoms with Gasteiger partial charge >= 0.3 is 20.5 Å². The lowest BCUT2D eigenvalue weighted by molar-refractivity contribution is -0.164. The fourth-order valence-electron chi connectivity index (χ4n) is 1.07. The first-order valence-corrected chi connectivity index (χ1v) is 6.89.